The zero-order valence-electron chi connectivity index (χ0n) is 9.29. The maximum absolute atomic E-state index is 12.2. The Morgan fingerprint density at radius 1 is 1.37 bits per heavy atom. The Labute approximate surface area is 120 Å². The van der Waals surface area contributed by atoms with Crippen LogP contribution in [0.5, 0.6) is 5.75 Å². The van der Waals surface area contributed by atoms with Crippen LogP contribution in [-0.4, -0.2) is 20.3 Å². The molecule has 0 aliphatic rings. The van der Waals surface area contributed by atoms with Crippen molar-refractivity contribution >= 4 is 44.8 Å². The minimum atomic E-state index is -5.78. The zero-order valence-corrected chi connectivity index (χ0v) is 12.3. The molecular formula is C9H7F3INO4S. The second kappa shape index (κ2) is 5.53. The molecule has 1 aromatic rings. The summed E-state index contributed by atoms with van der Waals surface area (Å²) in [6.07, 6.45) is 0.202. The number of benzene rings is 1. The molecule has 0 saturated heterocycles. The Kier molecular flexibility index (Phi) is 4.66. The molecule has 10 heteroatoms. The second-order valence-corrected chi connectivity index (χ2v) is 6.04. The van der Waals surface area contributed by atoms with E-state index in [1.54, 1.807) is 6.92 Å². The maximum Gasteiger partial charge on any atom is 0.534 e. The number of carbonyl (C=O) groups excluding carboxylic acids is 1. The lowest BCUT2D eigenvalue weighted by molar-refractivity contribution is -0.105. The first-order valence-electron chi connectivity index (χ1n) is 4.59. The van der Waals surface area contributed by atoms with Gasteiger partial charge in [0.25, 0.3) is 0 Å². The molecule has 0 saturated carbocycles. The van der Waals surface area contributed by atoms with Gasteiger partial charge in [0.1, 0.15) is 0 Å². The Bertz CT molecular complexity index is 600. The van der Waals surface area contributed by atoms with Crippen molar-refractivity contribution in [3.8, 4) is 5.75 Å². The van der Waals surface area contributed by atoms with Crippen LogP contribution in [0.15, 0.2) is 12.1 Å². The number of amides is 1. The summed E-state index contributed by atoms with van der Waals surface area (Å²) >= 11 is 1.88. The number of hydrogen-bond donors (Lipinski definition) is 1. The van der Waals surface area contributed by atoms with Crippen molar-refractivity contribution in [1.82, 2.24) is 0 Å². The summed E-state index contributed by atoms with van der Waals surface area (Å²) in [4.78, 5) is 10.3. The van der Waals surface area contributed by atoms with Gasteiger partial charge in [-0.25, -0.2) is 0 Å². The van der Waals surface area contributed by atoms with E-state index in [9.17, 15) is 26.4 Å². The van der Waals surface area contributed by atoms with Crippen molar-refractivity contribution in [2.75, 3.05) is 5.32 Å². The average Bonchev–Trinajstić information content (AvgIpc) is 2.23. The Hall–Kier alpha value is -1.04. The van der Waals surface area contributed by atoms with Crippen LogP contribution < -0.4 is 9.50 Å². The van der Waals surface area contributed by atoms with E-state index in [-0.39, 0.29) is 12.1 Å². The third-order valence-corrected chi connectivity index (χ3v) is 4.09. The molecule has 0 aromatic heterocycles. The fourth-order valence-electron chi connectivity index (χ4n) is 1.07. The van der Waals surface area contributed by atoms with E-state index in [0.29, 0.717) is 9.13 Å². The van der Waals surface area contributed by atoms with E-state index < -0.39 is 21.4 Å². The summed E-state index contributed by atoms with van der Waals surface area (Å²) in [5.74, 6) is -0.595. The van der Waals surface area contributed by atoms with Crippen molar-refractivity contribution in [1.29, 1.82) is 0 Å². The van der Waals surface area contributed by atoms with E-state index >= 15 is 0 Å². The summed E-state index contributed by atoms with van der Waals surface area (Å²) in [7, 11) is -5.78. The van der Waals surface area contributed by atoms with Gasteiger partial charge in [0.05, 0.1) is 5.69 Å². The van der Waals surface area contributed by atoms with Gasteiger partial charge in [0.2, 0.25) is 6.41 Å². The molecular weight excluding hydrogens is 402 g/mol. The number of halogens is 4. The Morgan fingerprint density at radius 3 is 2.42 bits per heavy atom. The van der Waals surface area contributed by atoms with Crippen molar-refractivity contribution in [3.63, 3.8) is 0 Å². The molecule has 1 rings (SSSR count). The third kappa shape index (κ3) is 3.72. The van der Waals surface area contributed by atoms with E-state index in [2.05, 4.69) is 9.50 Å². The summed E-state index contributed by atoms with van der Waals surface area (Å²) in [5, 5.41) is 2.08. The molecule has 5 nitrogen and oxygen atoms in total. The minimum Gasteiger partial charge on any atom is -0.374 e. The Balaban J connectivity index is 3.28. The van der Waals surface area contributed by atoms with E-state index in [4.69, 9.17) is 0 Å². The van der Waals surface area contributed by atoms with Crippen LogP contribution in [0, 0.1) is 10.5 Å². The second-order valence-electron chi connectivity index (χ2n) is 3.34. The molecule has 0 bridgehead atoms. The summed E-state index contributed by atoms with van der Waals surface area (Å²) in [6, 6.07) is 2.39. The molecule has 1 aromatic carbocycles. The van der Waals surface area contributed by atoms with Crippen molar-refractivity contribution < 1.29 is 30.6 Å². The molecule has 0 unspecified atom stereocenters. The number of aryl methyl sites for hydroxylation is 1. The first-order chi connectivity index (χ1) is 8.58. The summed E-state index contributed by atoms with van der Waals surface area (Å²) < 4.78 is 63.1. The molecule has 1 amide bonds. The minimum absolute atomic E-state index is 0.169. The molecule has 0 aliphatic heterocycles. The van der Waals surface area contributed by atoms with Gasteiger partial charge >= 0.3 is 15.6 Å². The molecule has 0 fully saturated rings. The highest BCUT2D eigenvalue weighted by Crippen LogP contribution is 2.33. The van der Waals surface area contributed by atoms with Crippen LogP contribution in [0.4, 0.5) is 18.9 Å². The SMILES string of the molecule is Cc1cc(OS(=O)(=O)C(F)(F)F)c(NC=O)cc1I. The van der Waals surface area contributed by atoms with E-state index in [1.165, 1.54) is 6.07 Å². The molecule has 0 atom stereocenters. The summed E-state index contributed by atoms with van der Waals surface area (Å²) in [5.41, 5.74) is -5.20. The molecule has 106 valence electrons. The van der Waals surface area contributed by atoms with Gasteiger partial charge in [0, 0.05) is 3.57 Å². The van der Waals surface area contributed by atoms with Gasteiger partial charge in [0.15, 0.2) is 5.75 Å². The number of rotatable bonds is 4. The van der Waals surface area contributed by atoms with Gasteiger partial charge in [-0.3, -0.25) is 4.79 Å². The number of nitrogens with one attached hydrogen (secondary N) is 1. The van der Waals surface area contributed by atoms with Gasteiger partial charge < -0.3 is 9.50 Å². The van der Waals surface area contributed by atoms with Gasteiger partial charge in [-0.05, 0) is 47.2 Å². The highest BCUT2D eigenvalue weighted by molar-refractivity contribution is 14.1. The highest BCUT2D eigenvalue weighted by Gasteiger charge is 2.48. The zero-order chi connectivity index (χ0) is 14.8. The summed E-state index contributed by atoms with van der Waals surface area (Å²) in [6.45, 7) is 1.56. The lowest BCUT2D eigenvalue weighted by atomic mass is 10.2. The number of anilines is 1. The quantitative estimate of drug-likeness (QED) is 0.359. The smallest absolute Gasteiger partial charge is 0.374 e. The molecule has 0 spiro atoms. The fourth-order valence-corrected chi connectivity index (χ4v) is 2.00. The monoisotopic (exact) mass is 409 g/mol. The average molecular weight is 409 g/mol. The van der Waals surface area contributed by atoms with Crippen LogP contribution in [0.2, 0.25) is 0 Å². The van der Waals surface area contributed by atoms with Crippen molar-refractivity contribution in [2.45, 2.75) is 12.4 Å². The normalized spacial score (nSPS) is 12.1. The van der Waals surface area contributed by atoms with Crippen LogP contribution in [-0.2, 0) is 14.9 Å². The molecule has 0 aliphatic carbocycles. The van der Waals surface area contributed by atoms with Crippen LogP contribution >= 0.6 is 22.6 Å². The van der Waals surface area contributed by atoms with Gasteiger partial charge in [-0.2, -0.15) is 21.6 Å². The molecule has 0 heterocycles. The fraction of sp³-hybridized carbons (Fsp3) is 0.222. The predicted octanol–water partition coefficient (Wildman–Crippen LogP) is 2.40. The molecule has 19 heavy (non-hydrogen) atoms. The van der Waals surface area contributed by atoms with Crippen LogP contribution in [0.3, 0.4) is 0 Å². The van der Waals surface area contributed by atoms with Crippen molar-refractivity contribution in [2.24, 2.45) is 0 Å². The van der Waals surface area contributed by atoms with Gasteiger partial charge in [-0.15, -0.1) is 0 Å². The lowest BCUT2D eigenvalue weighted by Crippen LogP contribution is -2.28. The molecule has 0 radical (unpaired) electrons. The largest absolute Gasteiger partial charge is 0.534 e. The predicted molar refractivity (Wildman–Crippen MR) is 69.2 cm³/mol. The van der Waals surface area contributed by atoms with E-state index in [1.807, 2.05) is 22.6 Å². The number of carbonyl (C=O) groups is 1. The lowest BCUT2D eigenvalue weighted by Gasteiger charge is -2.13. The molecule has 1 N–H and O–H groups in total. The van der Waals surface area contributed by atoms with Crippen LogP contribution in [0.1, 0.15) is 5.56 Å². The Morgan fingerprint density at radius 2 is 1.95 bits per heavy atom. The maximum atomic E-state index is 12.2. The first kappa shape index (κ1) is 16.0. The standard InChI is InChI=1S/C9H7F3INO4S/c1-5-2-8(7(14-4-15)3-6(5)13)18-19(16,17)9(10,11)12/h2-4H,1H3,(H,14,15). The third-order valence-electron chi connectivity index (χ3n) is 1.96. The van der Waals surface area contributed by atoms with Crippen LogP contribution in [0.25, 0.3) is 0 Å². The first-order valence-corrected chi connectivity index (χ1v) is 7.08. The van der Waals surface area contributed by atoms with Gasteiger partial charge in [-0.1, -0.05) is 0 Å². The highest BCUT2D eigenvalue weighted by atomic mass is 127. The number of hydrogen-bond acceptors (Lipinski definition) is 4. The van der Waals surface area contributed by atoms with Crippen molar-refractivity contribution in [3.05, 3.63) is 21.3 Å². The number of alkyl halides is 3. The topological polar surface area (TPSA) is 72.5 Å². The van der Waals surface area contributed by atoms with E-state index in [0.717, 1.165) is 6.07 Å².